The number of benzene rings is 4. The molecule has 62 heavy (non-hydrogen) atoms. The minimum absolute atomic E-state index is 0. The summed E-state index contributed by atoms with van der Waals surface area (Å²) in [6, 6.07) is 27.0. The molecule has 0 saturated carbocycles. The fraction of sp³-hybridized carbons (Fsp3) is 0.400. The summed E-state index contributed by atoms with van der Waals surface area (Å²) >= 11 is 0. The predicted molar refractivity (Wildman–Crippen MR) is 275 cm³/mol. The van der Waals surface area contributed by atoms with E-state index in [4.69, 9.17) is 0 Å². The third-order valence-corrected chi connectivity index (χ3v) is 13.2. The van der Waals surface area contributed by atoms with E-state index in [0.29, 0.717) is 11.4 Å². The molecule has 4 aromatic carbocycles. The van der Waals surface area contributed by atoms with Crippen molar-refractivity contribution in [1.29, 1.82) is 10.8 Å². The Morgan fingerprint density at radius 2 is 0.419 bits per heavy atom. The molecule has 2 nitrogen and oxygen atoms in total. The van der Waals surface area contributed by atoms with Crippen LogP contribution in [0.5, 0.6) is 0 Å². The summed E-state index contributed by atoms with van der Waals surface area (Å²) in [5.74, 6) is 2.18. The second kappa shape index (κ2) is 18.7. The summed E-state index contributed by atoms with van der Waals surface area (Å²) < 4.78 is 0. The van der Waals surface area contributed by atoms with E-state index >= 15 is 0 Å². The van der Waals surface area contributed by atoms with Gasteiger partial charge in [0.05, 0.1) is 11.4 Å². The molecular formula is C60H76N2+2. The van der Waals surface area contributed by atoms with Gasteiger partial charge in [0.1, 0.15) is 0 Å². The monoisotopic (exact) mass is 825 g/mol. The maximum atomic E-state index is 10.4. The lowest BCUT2D eigenvalue weighted by molar-refractivity contribution is 0.826. The molecule has 0 atom stereocenters. The van der Waals surface area contributed by atoms with Crippen LogP contribution in [0.2, 0.25) is 0 Å². The largest absolute Gasteiger partial charge is 1.00 e. The quantitative estimate of drug-likeness (QED) is 0.143. The highest BCUT2D eigenvalue weighted by Gasteiger charge is 2.32. The smallest absolute Gasteiger partial charge is 0.300 e. The van der Waals surface area contributed by atoms with Crippen molar-refractivity contribution in [3.63, 3.8) is 0 Å². The molecule has 4 aromatic rings. The van der Waals surface area contributed by atoms with E-state index in [0.717, 1.165) is 33.4 Å². The Labute approximate surface area is 379 Å². The molecule has 0 aromatic heterocycles. The first kappa shape index (κ1) is 46.4. The Kier molecular flexibility index (Phi) is 14.0. The molecule has 2 N–H and O–H groups in total. The zero-order valence-corrected chi connectivity index (χ0v) is 40.9. The molecule has 0 aliphatic heterocycles. The van der Waals surface area contributed by atoms with Gasteiger partial charge in [-0.2, -0.15) is 0 Å². The molecule has 0 unspecified atom stereocenters. The Bertz CT molecular complexity index is 2110. The van der Waals surface area contributed by atoms with Gasteiger partial charge in [0, 0.05) is 22.3 Å². The first-order chi connectivity index (χ1) is 29.3. The van der Waals surface area contributed by atoms with E-state index < -0.39 is 0 Å². The zero-order valence-electron chi connectivity index (χ0n) is 42.9. The third kappa shape index (κ3) is 8.77. The summed E-state index contributed by atoms with van der Waals surface area (Å²) in [6.07, 6.45) is 9.31. The van der Waals surface area contributed by atoms with Gasteiger partial charge >= 0.3 is 2.85 Å². The highest BCUT2D eigenvalue weighted by atomic mass is 14.5. The van der Waals surface area contributed by atoms with Crippen LogP contribution in [0, 0.1) is 10.8 Å². The second-order valence-corrected chi connectivity index (χ2v) is 20.4. The number of hydrogen-bond donors (Lipinski definition) is 2. The van der Waals surface area contributed by atoms with Gasteiger partial charge in [-0.15, -0.1) is 0 Å². The van der Waals surface area contributed by atoms with E-state index in [-0.39, 0.29) is 50.2 Å². The normalized spacial score (nSPS) is 15.0. The standard InChI is InChI=1S/C60H74N2/c1-33(2)43-21-17-22-44(34(3)4)55(43)51-29-41(30-52(59(51)61)56-45(35(5)6)23-18-24-46(56)36(7)8)42-31-53(57-47(37(9)10)25-19-26-48(57)38(11)12)60(62)54(32-42)58-49(39(13)14)27-20-28-50(58)40(15)16/h17-40,61-62H,1-16H3/p+2. The molecule has 6 rings (SSSR count). The molecule has 2 heteroatoms. The van der Waals surface area contributed by atoms with Crippen molar-refractivity contribution in [2.24, 2.45) is 0 Å². The van der Waals surface area contributed by atoms with Crippen LogP contribution in [0.1, 0.15) is 228 Å². The minimum atomic E-state index is 0. The van der Waals surface area contributed by atoms with Crippen molar-refractivity contribution in [3.05, 3.63) is 175 Å². The Morgan fingerprint density at radius 3 is 0.548 bits per heavy atom. The molecule has 2 aliphatic rings. The predicted octanol–water partition coefficient (Wildman–Crippen LogP) is 17.9. The summed E-state index contributed by atoms with van der Waals surface area (Å²) in [5.41, 5.74) is 22.2. The van der Waals surface area contributed by atoms with Crippen LogP contribution in [0.4, 0.5) is 0 Å². The zero-order chi connectivity index (χ0) is 45.5. The van der Waals surface area contributed by atoms with Gasteiger partial charge in [0.2, 0.25) is 0 Å². The van der Waals surface area contributed by atoms with E-state index in [9.17, 15) is 10.8 Å². The van der Waals surface area contributed by atoms with Gasteiger partial charge in [0.25, 0.3) is 0 Å². The van der Waals surface area contributed by atoms with Gasteiger partial charge in [-0.25, -0.2) is 0 Å². The van der Waals surface area contributed by atoms with Crippen LogP contribution in [-0.4, -0.2) is 11.4 Å². The van der Waals surface area contributed by atoms with Crippen molar-refractivity contribution in [3.8, 4) is 0 Å². The van der Waals surface area contributed by atoms with E-state index in [1.807, 2.05) is 0 Å². The number of nitrogens with one attached hydrogen (secondary N) is 2. The SMILES string of the molecule is CC(C)c1cccc(C(C)C)c1C1=CC(=C2C=C(c3c(C(C)C)cccc3C(C)C)C(=N)C(c3c(C(C)C)cccc3C(C)C)=C2)C=C(c2c(C(C)C)cccc2C(C)C)C1=N.[H+].[H+]. The Hall–Kier alpha value is -5.08. The molecule has 324 valence electrons. The number of hydrogen-bond acceptors (Lipinski definition) is 2. The first-order valence-corrected chi connectivity index (χ1v) is 23.6. The van der Waals surface area contributed by atoms with Crippen LogP contribution in [0.3, 0.4) is 0 Å². The maximum Gasteiger partial charge on any atom is 1.00 e. The van der Waals surface area contributed by atoms with Crippen molar-refractivity contribution < 1.29 is 2.85 Å². The highest BCUT2D eigenvalue weighted by Crippen LogP contribution is 2.47. The highest BCUT2D eigenvalue weighted by molar-refractivity contribution is 6.47. The van der Waals surface area contributed by atoms with E-state index in [1.54, 1.807) is 0 Å². The Morgan fingerprint density at radius 1 is 0.274 bits per heavy atom. The average molecular weight is 825 g/mol. The van der Waals surface area contributed by atoms with Gasteiger partial charge < -0.3 is 0 Å². The number of rotatable bonds is 12. The van der Waals surface area contributed by atoms with Gasteiger partial charge in [-0.05, 0) is 150 Å². The van der Waals surface area contributed by atoms with Gasteiger partial charge in [-0.3, -0.25) is 10.8 Å². The van der Waals surface area contributed by atoms with E-state index in [1.165, 1.54) is 66.8 Å². The molecule has 0 spiro atoms. The molecule has 0 fully saturated rings. The van der Waals surface area contributed by atoms with Crippen molar-refractivity contribution in [1.82, 2.24) is 0 Å². The van der Waals surface area contributed by atoms with Crippen LogP contribution >= 0.6 is 0 Å². The van der Waals surface area contributed by atoms with Crippen LogP contribution in [0.15, 0.2) is 108 Å². The van der Waals surface area contributed by atoms with Crippen molar-refractivity contribution in [2.75, 3.05) is 0 Å². The fourth-order valence-electron chi connectivity index (χ4n) is 9.85. The molecule has 0 saturated heterocycles. The molecule has 0 radical (unpaired) electrons. The van der Waals surface area contributed by atoms with Crippen LogP contribution < -0.4 is 0 Å². The van der Waals surface area contributed by atoms with Crippen molar-refractivity contribution >= 4 is 33.7 Å². The maximum absolute atomic E-state index is 10.4. The fourth-order valence-corrected chi connectivity index (χ4v) is 9.85. The lowest BCUT2D eigenvalue weighted by atomic mass is 9.73. The van der Waals surface area contributed by atoms with Crippen molar-refractivity contribution in [2.45, 2.75) is 158 Å². The number of allylic oxidation sites excluding steroid dienone is 10. The summed E-state index contributed by atoms with van der Waals surface area (Å²) in [5, 5.41) is 20.8. The lowest BCUT2D eigenvalue weighted by Crippen LogP contribution is -2.18. The topological polar surface area (TPSA) is 47.7 Å². The molecule has 0 bridgehead atoms. The average Bonchev–Trinajstić information content (AvgIpc) is 3.22. The van der Waals surface area contributed by atoms with Crippen LogP contribution in [0.25, 0.3) is 22.3 Å². The minimum Gasteiger partial charge on any atom is -0.300 e. The molecule has 0 heterocycles. The summed E-state index contributed by atoms with van der Waals surface area (Å²) in [6.45, 7) is 36.5. The molecular weight excluding hydrogens is 749 g/mol. The van der Waals surface area contributed by atoms with Crippen LogP contribution in [-0.2, 0) is 0 Å². The van der Waals surface area contributed by atoms with Gasteiger partial charge in [-0.1, -0.05) is 184 Å². The Balaban J connectivity index is 0.00000449. The molecule has 2 aliphatic carbocycles. The third-order valence-electron chi connectivity index (χ3n) is 13.2. The van der Waals surface area contributed by atoms with E-state index in [2.05, 4.69) is 208 Å². The van der Waals surface area contributed by atoms with Gasteiger partial charge in [0.15, 0.2) is 0 Å². The first-order valence-electron chi connectivity index (χ1n) is 23.6. The lowest BCUT2D eigenvalue weighted by Gasteiger charge is -2.31. The summed E-state index contributed by atoms with van der Waals surface area (Å²) in [7, 11) is 0. The summed E-state index contributed by atoms with van der Waals surface area (Å²) in [4.78, 5) is 0. The second-order valence-electron chi connectivity index (χ2n) is 20.4. The molecule has 0 amide bonds.